The highest BCUT2D eigenvalue weighted by Gasteiger charge is 2.25. The average molecular weight is 397 g/mol. The predicted molar refractivity (Wildman–Crippen MR) is 107 cm³/mol. The van der Waals surface area contributed by atoms with Gasteiger partial charge in [0.05, 0.1) is 5.69 Å². The van der Waals surface area contributed by atoms with E-state index in [-0.39, 0.29) is 11.7 Å². The first kappa shape index (κ1) is 18.6. The Balaban J connectivity index is 1.40. The van der Waals surface area contributed by atoms with Gasteiger partial charge in [0.1, 0.15) is 5.82 Å². The zero-order chi connectivity index (χ0) is 19.5. The van der Waals surface area contributed by atoms with Gasteiger partial charge >= 0.3 is 0 Å². The Labute approximate surface area is 168 Å². The van der Waals surface area contributed by atoms with Crippen molar-refractivity contribution in [2.45, 2.75) is 13.5 Å². The van der Waals surface area contributed by atoms with Crippen LogP contribution in [0.15, 0.2) is 48.8 Å². The zero-order valence-electron chi connectivity index (χ0n) is 15.6. The predicted octanol–water partition coefficient (Wildman–Crippen LogP) is 2.58. The van der Waals surface area contributed by atoms with Gasteiger partial charge in [0, 0.05) is 50.1 Å². The lowest BCUT2D eigenvalue weighted by molar-refractivity contribution is 0.0616. The van der Waals surface area contributed by atoms with Gasteiger partial charge in [-0.3, -0.25) is 14.7 Å². The summed E-state index contributed by atoms with van der Waals surface area (Å²) >= 11 is 5.95. The number of hydrogen-bond acceptors (Lipinski definition) is 5. The van der Waals surface area contributed by atoms with Crippen LogP contribution in [0.1, 0.15) is 22.0 Å². The van der Waals surface area contributed by atoms with E-state index in [1.165, 1.54) is 5.56 Å². The number of carbonyl (C=O) groups is 1. The number of piperazine rings is 1. The van der Waals surface area contributed by atoms with Crippen LogP contribution in [0.4, 0.5) is 0 Å². The summed E-state index contributed by atoms with van der Waals surface area (Å²) in [5.41, 5.74) is 2.06. The number of amides is 1. The molecule has 0 spiro atoms. The summed E-state index contributed by atoms with van der Waals surface area (Å²) in [4.78, 5) is 25.4. The molecule has 0 saturated carbocycles. The number of halogens is 1. The molecule has 0 aliphatic carbocycles. The molecular weight excluding hydrogens is 376 g/mol. The Morgan fingerprint density at radius 1 is 1.04 bits per heavy atom. The van der Waals surface area contributed by atoms with Crippen LogP contribution in [0.5, 0.6) is 0 Å². The van der Waals surface area contributed by atoms with Crippen LogP contribution in [-0.4, -0.2) is 61.6 Å². The molecule has 0 unspecified atom stereocenters. The van der Waals surface area contributed by atoms with Gasteiger partial charge in [-0.1, -0.05) is 11.6 Å². The molecular formula is C20H21ClN6O. The number of carbonyl (C=O) groups excluding carboxylic acids is 1. The van der Waals surface area contributed by atoms with Crippen LogP contribution in [0.25, 0.3) is 5.69 Å². The summed E-state index contributed by atoms with van der Waals surface area (Å²) in [6.07, 6.45) is 3.61. The molecule has 3 aromatic rings. The Hall–Kier alpha value is -2.77. The van der Waals surface area contributed by atoms with Crippen LogP contribution < -0.4 is 0 Å². The molecule has 1 amide bonds. The van der Waals surface area contributed by atoms with Crippen LogP contribution in [0, 0.1) is 6.92 Å². The molecule has 3 heterocycles. The number of benzene rings is 1. The van der Waals surface area contributed by atoms with Gasteiger partial charge in [-0.25, -0.2) is 9.67 Å². The SMILES string of the molecule is Cc1nc(C(=O)N2CCN(Cc3ccncc3)CC2)nn1-c1ccc(Cl)cc1. The number of aryl methyl sites for hydroxylation is 1. The van der Waals surface area contributed by atoms with Crippen molar-refractivity contribution in [2.75, 3.05) is 26.2 Å². The fourth-order valence-electron chi connectivity index (χ4n) is 3.30. The molecule has 0 radical (unpaired) electrons. The highest BCUT2D eigenvalue weighted by atomic mass is 35.5. The van der Waals surface area contributed by atoms with E-state index in [0.29, 0.717) is 23.9 Å². The third-order valence-corrected chi connectivity index (χ3v) is 5.10. The number of hydrogen-bond donors (Lipinski definition) is 0. The largest absolute Gasteiger partial charge is 0.333 e. The van der Waals surface area contributed by atoms with Crippen LogP contribution in [-0.2, 0) is 6.54 Å². The molecule has 7 nitrogen and oxygen atoms in total. The summed E-state index contributed by atoms with van der Waals surface area (Å²) in [6, 6.07) is 11.3. The average Bonchev–Trinajstić information content (AvgIpc) is 3.11. The Bertz CT molecular complexity index is 949. The molecule has 0 N–H and O–H groups in total. The minimum Gasteiger partial charge on any atom is -0.333 e. The molecule has 4 rings (SSSR count). The van der Waals surface area contributed by atoms with E-state index in [0.717, 1.165) is 25.3 Å². The van der Waals surface area contributed by atoms with E-state index in [1.807, 2.05) is 36.1 Å². The Kier molecular flexibility index (Phi) is 5.36. The standard InChI is InChI=1S/C20H21ClN6O/c1-15-23-19(24-27(15)18-4-2-17(21)3-5-18)20(28)26-12-10-25(11-13-26)14-16-6-8-22-9-7-16/h2-9H,10-14H2,1H3. The minimum atomic E-state index is -0.126. The topological polar surface area (TPSA) is 67.2 Å². The van der Waals surface area contributed by atoms with Gasteiger partial charge in [-0.2, -0.15) is 0 Å². The van der Waals surface area contributed by atoms with Crippen molar-refractivity contribution >= 4 is 17.5 Å². The number of nitrogens with zero attached hydrogens (tertiary/aromatic N) is 6. The van der Waals surface area contributed by atoms with Gasteiger partial charge < -0.3 is 4.90 Å². The minimum absolute atomic E-state index is 0.126. The summed E-state index contributed by atoms with van der Waals surface area (Å²) in [5, 5.41) is 5.08. The van der Waals surface area contributed by atoms with Crippen molar-refractivity contribution in [1.82, 2.24) is 29.5 Å². The first-order chi connectivity index (χ1) is 13.6. The highest BCUT2D eigenvalue weighted by molar-refractivity contribution is 6.30. The monoisotopic (exact) mass is 396 g/mol. The zero-order valence-corrected chi connectivity index (χ0v) is 16.4. The fourth-order valence-corrected chi connectivity index (χ4v) is 3.43. The summed E-state index contributed by atoms with van der Waals surface area (Å²) in [7, 11) is 0. The van der Waals surface area contributed by atoms with Gasteiger partial charge in [0.15, 0.2) is 0 Å². The molecule has 28 heavy (non-hydrogen) atoms. The molecule has 1 aliphatic rings. The van der Waals surface area contributed by atoms with E-state index in [4.69, 9.17) is 11.6 Å². The van der Waals surface area contributed by atoms with Gasteiger partial charge in [-0.05, 0) is 48.9 Å². The molecule has 1 aromatic carbocycles. The number of pyridine rings is 1. The van der Waals surface area contributed by atoms with E-state index in [9.17, 15) is 4.79 Å². The van der Waals surface area contributed by atoms with E-state index < -0.39 is 0 Å². The molecule has 1 aliphatic heterocycles. The van der Waals surface area contributed by atoms with Crippen molar-refractivity contribution in [2.24, 2.45) is 0 Å². The quantitative estimate of drug-likeness (QED) is 0.678. The van der Waals surface area contributed by atoms with Gasteiger partial charge in [-0.15, -0.1) is 5.10 Å². The van der Waals surface area contributed by atoms with E-state index in [2.05, 4.69) is 20.0 Å². The molecule has 0 atom stereocenters. The maximum absolute atomic E-state index is 12.9. The third-order valence-electron chi connectivity index (χ3n) is 4.85. The van der Waals surface area contributed by atoms with Crippen LogP contribution in [0.3, 0.4) is 0 Å². The molecule has 8 heteroatoms. The maximum Gasteiger partial charge on any atom is 0.293 e. The second kappa shape index (κ2) is 8.08. The summed E-state index contributed by atoms with van der Waals surface area (Å²) in [5.74, 6) is 0.774. The summed E-state index contributed by atoms with van der Waals surface area (Å²) in [6.45, 7) is 5.69. The molecule has 144 valence electrons. The molecule has 2 aromatic heterocycles. The lowest BCUT2D eigenvalue weighted by atomic mass is 10.2. The van der Waals surface area contributed by atoms with Crippen molar-refractivity contribution in [1.29, 1.82) is 0 Å². The van der Waals surface area contributed by atoms with Crippen LogP contribution >= 0.6 is 11.6 Å². The van der Waals surface area contributed by atoms with Gasteiger partial charge in [0.25, 0.3) is 5.91 Å². The van der Waals surface area contributed by atoms with Crippen LogP contribution in [0.2, 0.25) is 5.02 Å². The maximum atomic E-state index is 12.9. The lowest BCUT2D eigenvalue weighted by Crippen LogP contribution is -2.48. The highest BCUT2D eigenvalue weighted by Crippen LogP contribution is 2.15. The first-order valence-electron chi connectivity index (χ1n) is 9.20. The molecule has 1 saturated heterocycles. The second-order valence-electron chi connectivity index (χ2n) is 6.79. The molecule has 1 fully saturated rings. The van der Waals surface area contributed by atoms with Crippen molar-refractivity contribution in [3.8, 4) is 5.69 Å². The first-order valence-corrected chi connectivity index (χ1v) is 9.58. The van der Waals surface area contributed by atoms with E-state index >= 15 is 0 Å². The van der Waals surface area contributed by atoms with Crippen molar-refractivity contribution < 1.29 is 4.79 Å². The Morgan fingerprint density at radius 3 is 2.39 bits per heavy atom. The molecule has 0 bridgehead atoms. The number of rotatable bonds is 4. The van der Waals surface area contributed by atoms with Crippen molar-refractivity contribution in [3.63, 3.8) is 0 Å². The number of aromatic nitrogens is 4. The normalized spacial score (nSPS) is 15.0. The fraction of sp³-hybridized carbons (Fsp3) is 0.300. The third kappa shape index (κ3) is 4.05. The van der Waals surface area contributed by atoms with E-state index in [1.54, 1.807) is 29.2 Å². The van der Waals surface area contributed by atoms with Crippen molar-refractivity contribution in [3.05, 3.63) is 71.0 Å². The lowest BCUT2D eigenvalue weighted by Gasteiger charge is -2.34. The Morgan fingerprint density at radius 2 is 1.71 bits per heavy atom. The smallest absolute Gasteiger partial charge is 0.293 e. The second-order valence-corrected chi connectivity index (χ2v) is 7.23. The van der Waals surface area contributed by atoms with Gasteiger partial charge in [0.2, 0.25) is 5.82 Å². The summed E-state index contributed by atoms with van der Waals surface area (Å²) < 4.78 is 1.67.